The standard InChI is InChI=1S/C16H18ClNO2S/c17-15-10-9-14(18)12-16(15)21(19,20)11-5-4-8-13-6-2-1-3-7-13/h1-3,6-7,9-10,12H,4-5,8,11,18H2. The zero-order valence-corrected chi connectivity index (χ0v) is 13.2. The number of hydrogen-bond donors (Lipinski definition) is 1. The Morgan fingerprint density at radius 1 is 1.00 bits per heavy atom. The largest absolute Gasteiger partial charge is 0.399 e. The van der Waals surface area contributed by atoms with Gasteiger partial charge in [0.05, 0.1) is 15.7 Å². The van der Waals surface area contributed by atoms with Gasteiger partial charge in [0, 0.05) is 5.69 Å². The molecule has 0 aliphatic carbocycles. The van der Waals surface area contributed by atoms with Gasteiger partial charge in [0.1, 0.15) is 0 Å². The molecule has 2 rings (SSSR count). The Morgan fingerprint density at radius 3 is 2.43 bits per heavy atom. The Balaban J connectivity index is 1.94. The molecule has 2 aromatic carbocycles. The molecule has 0 aromatic heterocycles. The Bertz CT molecular complexity index is 699. The van der Waals surface area contributed by atoms with Crippen LogP contribution in [0.4, 0.5) is 5.69 Å². The fraction of sp³-hybridized carbons (Fsp3) is 0.250. The molecule has 0 spiro atoms. The van der Waals surface area contributed by atoms with Crippen LogP contribution in [0.1, 0.15) is 18.4 Å². The molecule has 2 N–H and O–H groups in total. The Kier molecular flexibility index (Phi) is 5.26. The van der Waals surface area contributed by atoms with Crippen molar-refractivity contribution in [1.29, 1.82) is 0 Å². The SMILES string of the molecule is Nc1ccc(Cl)c(S(=O)(=O)CCCCc2ccccc2)c1. The van der Waals surface area contributed by atoms with Crippen LogP contribution in [0.15, 0.2) is 53.4 Å². The molecule has 2 aromatic rings. The summed E-state index contributed by atoms with van der Waals surface area (Å²) in [4.78, 5) is 0.129. The zero-order chi connectivity index (χ0) is 15.3. The number of aryl methyl sites for hydroxylation is 1. The van der Waals surface area contributed by atoms with E-state index >= 15 is 0 Å². The lowest BCUT2D eigenvalue weighted by molar-refractivity contribution is 0.591. The number of benzene rings is 2. The normalized spacial score (nSPS) is 11.5. The summed E-state index contributed by atoms with van der Waals surface area (Å²) in [6.45, 7) is 0. The van der Waals surface area contributed by atoms with E-state index in [4.69, 9.17) is 17.3 Å². The molecule has 0 atom stereocenters. The van der Waals surface area contributed by atoms with Crippen molar-refractivity contribution in [2.75, 3.05) is 11.5 Å². The molecule has 0 saturated carbocycles. The lowest BCUT2D eigenvalue weighted by Crippen LogP contribution is -2.08. The summed E-state index contributed by atoms with van der Waals surface area (Å²) >= 11 is 5.95. The molecule has 0 aliphatic heterocycles. The first kappa shape index (κ1) is 15.9. The van der Waals surface area contributed by atoms with Gasteiger partial charge < -0.3 is 5.73 Å². The number of nitrogens with two attached hydrogens (primary N) is 1. The van der Waals surface area contributed by atoms with E-state index in [0.717, 1.165) is 12.8 Å². The fourth-order valence-electron chi connectivity index (χ4n) is 2.13. The first-order chi connectivity index (χ1) is 9.99. The Hall–Kier alpha value is -1.52. The van der Waals surface area contributed by atoms with Crippen molar-refractivity contribution in [1.82, 2.24) is 0 Å². The van der Waals surface area contributed by atoms with Crippen LogP contribution in [0.3, 0.4) is 0 Å². The molecule has 0 amide bonds. The van der Waals surface area contributed by atoms with E-state index in [1.807, 2.05) is 30.3 Å². The van der Waals surface area contributed by atoms with Crippen LogP contribution < -0.4 is 5.73 Å². The van der Waals surface area contributed by atoms with Crippen LogP contribution in [0.2, 0.25) is 5.02 Å². The summed E-state index contributed by atoms with van der Waals surface area (Å²) in [5.41, 5.74) is 7.26. The second-order valence-electron chi connectivity index (χ2n) is 4.95. The monoisotopic (exact) mass is 323 g/mol. The molecule has 0 unspecified atom stereocenters. The average molecular weight is 324 g/mol. The second-order valence-corrected chi connectivity index (χ2v) is 7.44. The van der Waals surface area contributed by atoms with E-state index in [9.17, 15) is 8.42 Å². The number of sulfone groups is 1. The quantitative estimate of drug-likeness (QED) is 0.651. The Labute approximate surface area is 130 Å². The van der Waals surface area contributed by atoms with Crippen molar-refractivity contribution in [3.8, 4) is 0 Å². The van der Waals surface area contributed by atoms with Crippen LogP contribution in [0, 0.1) is 0 Å². The minimum Gasteiger partial charge on any atom is -0.399 e. The third kappa shape index (κ3) is 4.48. The number of anilines is 1. The van der Waals surface area contributed by atoms with Gasteiger partial charge in [-0.25, -0.2) is 8.42 Å². The molecule has 0 fully saturated rings. The average Bonchev–Trinajstić information content (AvgIpc) is 2.47. The van der Waals surface area contributed by atoms with E-state index in [1.54, 1.807) is 6.07 Å². The van der Waals surface area contributed by atoms with Gasteiger partial charge >= 0.3 is 0 Å². The van der Waals surface area contributed by atoms with Crippen LogP contribution in [0.25, 0.3) is 0 Å². The van der Waals surface area contributed by atoms with Crippen molar-refractivity contribution in [2.45, 2.75) is 24.2 Å². The minimum atomic E-state index is -3.38. The molecule has 0 saturated heterocycles. The van der Waals surface area contributed by atoms with Crippen LogP contribution >= 0.6 is 11.6 Å². The summed E-state index contributed by atoms with van der Waals surface area (Å²) in [5.74, 6) is 0.0863. The van der Waals surface area contributed by atoms with Gasteiger partial charge in [-0.3, -0.25) is 0 Å². The molecular weight excluding hydrogens is 306 g/mol. The number of unbranched alkanes of at least 4 members (excludes halogenated alkanes) is 1. The first-order valence-corrected chi connectivity index (χ1v) is 8.84. The third-order valence-corrected chi connectivity index (χ3v) is 5.54. The van der Waals surface area contributed by atoms with E-state index < -0.39 is 9.84 Å². The summed E-state index contributed by atoms with van der Waals surface area (Å²) in [6.07, 6.45) is 2.30. The van der Waals surface area contributed by atoms with Gasteiger partial charge in [-0.05, 0) is 43.0 Å². The molecule has 3 nitrogen and oxygen atoms in total. The van der Waals surface area contributed by atoms with E-state index in [1.165, 1.54) is 17.7 Å². The van der Waals surface area contributed by atoms with Crippen molar-refractivity contribution < 1.29 is 8.42 Å². The third-order valence-electron chi connectivity index (χ3n) is 3.26. The molecule has 21 heavy (non-hydrogen) atoms. The highest BCUT2D eigenvalue weighted by atomic mass is 35.5. The van der Waals surface area contributed by atoms with Crippen LogP contribution in [0.5, 0.6) is 0 Å². The van der Waals surface area contributed by atoms with E-state index in [0.29, 0.717) is 12.1 Å². The maximum Gasteiger partial charge on any atom is 0.179 e. The molecule has 0 bridgehead atoms. The highest BCUT2D eigenvalue weighted by molar-refractivity contribution is 7.91. The van der Waals surface area contributed by atoms with Crippen LogP contribution in [-0.2, 0) is 16.3 Å². The minimum absolute atomic E-state index is 0.0863. The zero-order valence-electron chi connectivity index (χ0n) is 11.6. The number of hydrogen-bond acceptors (Lipinski definition) is 3. The smallest absolute Gasteiger partial charge is 0.179 e. The second kappa shape index (κ2) is 6.96. The number of halogens is 1. The summed E-state index contributed by atoms with van der Waals surface area (Å²) in [5, 5.41) is 0.229. The lowest BCUT2D eigenvalue weighted by Gasteiger charge is -2.07. The predicted octanol–water partition coefficient (Wildman–Crippen LogP) is 3.72. The molecule has 112 valence electrons. The molecule has 0 radical (unpaired) electrons. The summed E-state index contributed by atoms with van der Waals surface area (Å²) in [7, 11) is -3.38. The van der Waals surface area contributed by atoms with Crippen molar-refractivity contribution >= 4 is 27.1 Å². The first-order valence-electron chi connectivity index (χ1n) is 6.81. The van der Waals surface area contributed by atoms with Gasteiger partial charge in [0.15, 0.2) is 9.84 Å². The number of nitrogen functional groups attached to an aromatic ring is 1. The van der Waals surface area contributed by atoms with Gasteiger partial charge in [-0.1, -0.05) is 41.9 Å². The fourth-order valence-corrected chi connectivity index (χ4v) is 4.09. The summed E-state index contributed by atoms with van der Waals surface area (Å²) in [6, 6.07) is 14.6. The molecule has 0 heterocycles. The van der Waals surface area contributed by atoms with E-state index in [-0.39, 0.29) is 15.7 Å². The number of rotatable bonds is 6. The maximum absolute atomic E-state index is 12.3. The maximum atomic E-state index is 12.3. The van der Waals surface area contributed by atoms with Crippen LogP contribution in [-0.4, -0.2) is 14.2 Å². The molecule has 0 aliphatic rings. The highest BCUT2D eigenvalue weighted by Gasteiger charge is 2.17. The van der Waals surface area contributed by atoms with Gasteiger partial charge in [0.2, 0.25) is 0 Å². The van der Waals surface area contributed by atoms with E-state index in [2.05, 4.69) is 0 Å². The van der Waals surface area contributed by atoms with Crippen molar-refractivity contribution in [2.24, 2.45) is 0 Å². The Morgan fingerprint density at radius 2 is 1.71 bits per heavy atom. The van der Waals surface area contributed by atoms with Crippen molar-refractivity contribution in [3.05, 3.63) is 59.1 Å². The highest BCUT2D eigenvalue weighted by Crippen LogP contribution is 2.25. The predicted molar refractivity (Wildman–Crippen MR) is 87.3 cm³/mol. The van der Waals surface area contributed by atoms with Gasteiger partial charge in [-0.2, -0.15) is 0 Å². The summed E-state index contributed by atoms with van der Waals surface area (Å²) < 4.78 is 24.6. The molecular formula is C16H18ClNO2S. The van der Waals surface area contributed by atoms with Crippen molar-refractivity contribution in [3.63, 3.8) is 0 Å². The van der Waals surface area contributed by atoms with Gasteiger partial charge in [0.25, 0.3) is 0 Å². The molecule has 5 heteroatoms. The topological polar surface area (TPSA) is 60.2 Å². The van der Waals surface area contributed by atoms with Gasteiger partial charge in [-0.15, -0.1) is 0 Å². The lowest BCUT2D eigenvalue weighted by atomic mass is 10.1.